The molecule has 2 aliphatic carbocycles. The molecule has 4 rings (SSSR count). The number of nitrogens with one attached hydrogen (secondary N) is 2. The number of aromatic amines is 1. The Bertz CT molecular complexity index is 778. The monoisotopic (exact) mass is 374 g/mol. The summed E-state index contributed by atoms with van der Waals surface area (Å²) in [5.41, 5.74) is 2.24. The van der Waals surface area contributed by atoms with Crippen LogP contribution in [0.15, 0.2) is 23.0 Å². The van der Waals surface area contributed by atoms with Gasteiger partial charge in [0.2, 0.25) is 0 Å². The van der Waals surface area contributed by atoms with Crippen LogP contribution >= 0.6 is 11.3 Å². The normalized spacial score (nSPS) is 22.2. The Morgan fingerprint density at radius 2 is 2.19 bits per heavy atom. The fourth-order valence-electron chi connectivity index (χ4n) is 3.50. The molecule has 0 aliphatic heterocycles. The number of H-pyrrole nitrogens is 1. The molecule has 138 valence electrons. The molecule has 0 saturated heterocycles. The van der Waals surface area contributed by atoms with Gasteiger partial charge in [0.15, 0.2) is 0 Å². The van der Waals surface area contributed by atoms with Crippen molar-refractivity contribution in [3.63, 3.8) is 0 Å². The summed E-state index contributed by atoms with van der Waals surface area (Å²) in [6.45, 7) is 0.952. The fraction of sp³-hybridized carbons (Fsp3) is 0.500. The van der Waals surface area contributed by atoms with Crippen LogP contribution in [0.25, 0.3) is 11.3 Å². The van der Waals surface area contributed by atoms with E-state index in [1.807, 2.05) is 16.8 Å². The number of hydrogen-bond acceptors (Lipinski definition) is 5. The molecule has 0 spiro atoms. The largest absolute Gasteiger partial charge is 0.480 e. The highest BCUT2D eigenvalue weighted by Gasteiger charge is 2.38. The minimum Gasteiger partial charge on any atom is -0.480 e. The lowest BCUT2D eigenvalue weighted by atomic mass is 9.85. The van der Waals surface area contributed by atoms with E-state index < -0.39 is 5.97 Å². The van der Waals surface area contributed by atoms with E-state index >= 15 is 0 Å². The lowest BCUT2D eigenvalue weighted by Crippen LogP contribution is -2.55. The number of carbonyl (C=O) groups excluding carboxylic acids is 1. The molecule has 1 amide bonds. The van der Waals surface area contributed by atoms with Gasteiger partial charge in [0.25, 0.3) is 5.91 Å². The highest BCUT2D eigenvalue weighted by atomic mass is 32.1. The second kappa shape index (κ2) is 7.20. The summed E-state index contributed by atoms with van der Waals surface area (Å²) in [6, 6.07) is 2.29. The predicted octanol–water partition coefficient (Wildman–Crippen LogP) is 2.20. The molecular formula is C18H22N4O3S. The Balaban J connectivity index is 1.33. The fourth-order valence-corrected chi connectivity index (χ4v) is 4.15. The molecule has 26 heavy (non-hydrogen) atoms. The van der Waals surface area contributed by atoms with Gasteiger partial charge in [0.1, 0.15) is 0 Å². The van der Waals surface area contributed by atoms with Gasteiger partial charge in [-0.05, 0) is 43.0 Å². The first-order valence-electron chi connectivity index (χ1n) is 8.93. The highest BCUT2D eigenvalue weighted by Crippen LogP contribution is 2.34. The number of rotatable bonds is 8. The van der Waals surface area contributed by atoms with Crippen LogP contribution in [0.4, 0.5) is 0 Å². The Hall–Kier alpha value is -2.19. The number of thiophene rings is 1. The number of nitrogens with zero attached hydrogens (tertiary/aromatic N) is 2. The summed E-state index contributed by atoms with van der Waals surface area (Å²) >= 11 is 1.57. The molecule has 2 fully saturated rings. The van der Waals surface area contributed by atoms with E-state index in [-0.39, 0.29) is 24.5 Å². The topological polar surface area (TPSA) is 98.3 Å². The van der Waals surface area contributed by atoms with E-state index in [4.69, 9.17) is 5.11 Å². The molecule has 0 bridgehead atoms. The summed E-state index contributed by atoms with van der Waals surface area (Å²) in [5.74, 6) is -0.255. The average molecular weight is 374 g/mol. The number of carboxylic acid groups (broad SMARTS) is 1. The zero-order chi connectivity index (χ0) is 18.1. The van der Waals surface area contributed by atoms with Crippen molar-refractivity contribution in [2.75, 3.05) is 13.1 Å². The Morgan fingerprint density at radius 3 is 2.85 bits per heavy atom. The van der Waals surface area contributed by atoms with Gasteiger partial charge in [-0.2, -0.15) is 16.4 Å². The number of aromatic nitrogens is 2. The van der Waals surface area contributed by atoms with Crippen LogP contribution in [0.1, 0.15) is 36.0 Å². The quantitative estimate of drug-likeness (QED) is 0.658. The van der Waals surface area contributed by atoms with Crippen molar-refractivity contribution in [1.29, 1.82) is 0 Å². The molecule has 0 aromatic carbocycles. The SMILES string of the molecule is O=C(O)CN(CC1CC1)C1CC(NC(=O)c2cn[nH]c2-c2ccsc2)C1. The molecule has 2 heterocycles. The first-order valence-corrected chi connectivity index (χ1v) is 9.87. The zero-order valence-electron chi connectivity index (χ0n) is 14.4. The standard InChI is InChI=1S/C18H22N4O3S/c23-16(24)9-22(8-11-1-2-11)14-5-13(6-14)20-18(25)15-7-19-21-17(15)12-3-4-26-10-12/h3-4,7,10-11,13-14H,1-2,5-6,8-9H2,(H,19,21)(H,20,25)(H,23,24). The number of amides is 1. The van der Waals surface area contributed by atoms with Gasteiger partial charge < -0.3 is 10.4 Å². The maximum atomic E-state index is 12.6. The molecule has 2 aromatic heterocycles. The molecule has 2 aliphatic rings. The first kappa shape index (κ1) is 17.2. The van der Waals surface area contributed by atoms with Gasteiger partial charge in [0.05, 0.1) is 24.0 Å². The summed E-state index contributed by atoms with van der Waals surface area (Å²) in [6.07, 6.45) is 5.57. The maximum Gasteiger partial charge on any atom is 0.317 e. The van der Waals surface area contributed by atoms with Crippen molar-refractivity contribution in [2.45, 2.75) is 37.8 Å². The molecular weight excluding hydrogens is 352 g/mol. The second-order valence-corrected chi connectivity index (χ2v) is 8.01. The van der Waals surface area contributed by atoms with Crippen LogP contribution in [-0.4, -0.2) is 57.3 Å². The van der Waals surface area contributed by atoms with Crippen molar-refractivity contribution in [3.8, 4) is 11.3 Å². The van der Waals surface area contributed by atoms with Crippen LogP contribution in [0, 0.1) is 5.92 Å². The molecule has 8 heteroatoms. The number of carboxylic acids is 1. The van der Waals surface area contributed by atoms with Gasteiger partial charge >= 0.3 is 5.97 Å². The van der Waals surface area contributed by atoms with Crippen molar-refractivity contribution >= 4 is 23.2 Å². The van der Waals surface area contributed by atoms with Gasteiger partial charge in [-0.25, -0.2) is 0 Å². The summed E-state index contributed by atoms with van der Waals surface area (Å²) < 4.78 is 0. The van der Waals surface area contributed by atoms with Crippen LogP contribution < -0.4 is 5.32 Å². The molecule has 0 radical (unpaired) electrons. The van der Waals surface area contributed by atoms with Gasteiger partial charge in [-0.1, -0.05) is 0 Å². The Kier molecular flexibility index (Phi) is 4.78. The van der Waals surface area contributed by atoms with Crippen LogP contribution in [0.5, 0.6) is 0 Å². The first-order chi connectivity index (χ1) is 12.6. The highest BCUT2D eigenvalue weighted by molar-refractivity contribution is 7.08. The lowest BCUT2D eigenvalue weighted by Gasteiger charge is -2.42. The number of carbonyl (C=O) groups is 2. The smallest absolute Gasteiger partial charge is 0.317 e. The van der Waals surface area contributed by atoms with E-state index in [0.717, 1.165) is 30.6 Å². The van der Waals surface area contributed by atoms with E-state index in [1.54, 1.807) is 17.5 Å². The third-order valence-electron chi connectivity index (χ3n) is 5.19. The predicted molar refractivity (Wildman–Crippen MR) is 98.1 cm³/mol. The summed E-state index contributed by atoms with van der Waals surface area (Å²) in [4.78, 5) is 25.8. The molecule has 0 unspecified atom stereocenters. The summed E-state index contributed by atoms with van der Waals surface area (Å²) in [5, 5.41) is 23.0. The van der Waals surface area contributed by atoms with Gasteiger partial charge in [0, 0.05) is 29.6 Å². The molecule has 2 aromatic rings. The van der Waals surface area contributed by atoms with Gasteiger partial charge in [-0.3, -0.25) is 19.6 Å². The number of aliphatic carboxylic acids is 1. The summed E-state index contributed by atoms with van der Waals surface area (Å²) in [7, 11) is 0. The zero-order valence-corrected chi connectivity index (χ0v) is 15.2. The van der Waals surface area contributed by atoms with Crippen molar-refractivity contribution in [3.05, 3.63) is 28.6 Å². The minimum absolute atomic E-state index is 0.0892. The van der Waals surface area contributed by atoms with Crippen molar-refractivity contribution in [1.82, 2.24) is 20.4 Å². The van der Waals surface area contributed by atoms with Crippen LogP contribution in [0.3, 0.4) is 0 Å². The molecule has 3 N–H and O–H groups in total. The van der Waals surface area contributed by atoms with E-state index in [1.165, 1.54) is 12.8 Å². The van der Waals surface area contributed by atoms with Crippen LogP contribution in [0.2, 0.25) is 0 Å². The van der Waals surface area contributed by atoms with Crippen molar-refractivity contribution in [2.24, 2.45) is 5.92 Å². The van der Waals surface area contributed by atoms with E-state index in [0.29, 0.717) is 11.5 Å². The van der Waals surface area contributed by atoms with E-state index in [2.05, 4.69) is 20.4 Å². The van der Waals surface area contributed by atoms with E-state index in [9.17, 15) is 9.59 Å². The molecule has 2 saturated carbocycles. The van der Waals surface area contributed by atoms with Gasteiger partial charge in [-0.15, -0.1) is 0 Å². The Labute approximate surface area is 155 Å². The second-order valence-electron chi connectivity index (χ2n) is 7.23. The Morgan fingerprint density at radius 1 is 1.38 bits per heavy atom. The molecule has 7 nitrogen and oxygen atoms in total. The van der Waals surface area contributed by atoms with Crippen LogP contribution in [-0.2, 0) is 4.79 Å². The maximum absolute atomic E-state index is 12.6. The third-order valence-corrected chi connectivity index (χ3v) is 5.87. The minimum atomic E-state index is -0.781. The molecule has 0 atom stereocenters. The number of hydrogen-bond donors (Lipinski definition) is 3. The lowest BCUT2D eigenvalue weighted by molar-refractivity contribution is -0.139. The third kappa shape index (κ3) is 3.81. The van der Waals surface area contributed by atoms with Crippen molar-refractivity contribution < 1.29 is 14.7 Å². The average Bonchev–Trinajstić information content (AvgIpc) is 3.03.